The third kappa shape index (κ3) is 3.42. The zero-order valence-corrected chi connectivity index (χ0v) is 13.9. The number of carbonyl (C=O) groups excluding carboxylic acids is 1. The minimum Gasteiger partial charge on any atom is -0.480 e. The number of nitrogens with two attached hydrogens (primary N) is 1. The van der Waals surface area contributed by atoms with E-state index in [-0.39, 0.29) is 5.91 Å². The standard InChI is InChI=1S/C20H22N2O3/c21-12-6-5-11-17(20(24)25)22-19(23)18-15-9-3-1-7-13(15)14-8-2-4-10-16(14)18/h1-4,7-10,17-18H,5-6,11-12,21H2,(H,22,23)(H,24,25)/t17-/m0/s1. The van der Waals surface area contributed by atoms with Crippen molar-refractivity contribution in [2.24, 2.45) is 5.73 Å². The van der Waals surface area contributed by atoms with Crippen LogP contribution in [0.3, 0.4) is 0 Å². The predicted molar refractivity (Wildman–Crippen MR) is 96.2 cm³/mol. The van der Waals surface area contributed by atoms with Crippen molar-refractivity contribution in [2.45, 2.75) is 31.2 Å². The fourth-order valence-electron chi connectivity index (χ4n) is 3.44. The molecule has 0 aliphatic heterocycles. The SMILES string of the molecule is NCCCC[C@H](NC(=O)C1c2ccccc2-c2ccccc21)C(=O)O. The van der Waals surface area contributed by atoms with E-state index < -0.39 is 17.9 Å². The minimum atomic E-state index is -1.01. The molecule has 130 valence electrons. The Morgan fingerprint density at radius 3 is 2.08 bits per heavy atom. The number of hydrogen-bond donors (Lipinski definition) is 3. The summed E-state index contributed by atoms with van der Waals surface area (Å²) in [5.41, 5.74) is 9.38. The van der Waals surface area contributed by atoms with Crippen LogP contribution in [0, 0.1) is 0 Å². The molecular weight excluding hydrogens is 316 g/mol. The maximum absolute atomic E-state index is 12.9. The molecule has 0 aromatic heterocycles. The second-order valence-corrected chi connectivity index (χ2v) is 6.29. The molecule has 0 fully saturated rings. The normalized spacial score (nSPS) is 13.8. The zero-order chi connectivity index (χ0) is 17.8. The van der Waals surface area contributed by atoms with Crippen molar-refractivity contribution in [1.29, 1.82) is 0 Å². The molecule has 1 aliphatic carbocycles. The largest absolute Gasteiger partial charge is 0.480 e. The van der Waals surface area contributed by atoms with Gasteiger partial charge in [-0.15, -0.1) is 0 Å². The van der Waals surface area contributed by atoms with Crippen LogP contribution < -0.4 is 11.1 Å². The summed E-state index contributed by atoms with van der Waals surface area (Å²) in [7, 11) is 0. The molecule has 0 radical (unpaired) electrons. The third-order valence-electron chi connectivity index (χ3n) is 4.66. The van der Waals surface area contributed by atoms with E-state index in [2.05, 4.69) is 5.32 Å². The molecule has 1 amide bonds. The third-order valence-corrected chi connectivity index (χ3v) is 4.66. The van der Waals surface area contributed by atoms with Crippen LogP contribution in [0.25, 0.3) is 11.1 Å². The second kappa shape index (κ2) is 7.49. The van der Waals surface area contributed by atoms with Crippen LogP contribution in [0.2, 0.25) is 0 Å². The first-order valence-corrected chi connectivity index (χ1v) is 8.55. The van der Waals surface area contributed by atoms with Crippen molar-refractivity contribution >= 4 is 11.9 Å². The van der Waals surface area contributed by atoms with Gasteiger partial charge in [0.05, 0.1) is 5.92 Å². The first kappa shape index (κ1) is 17.2. The van der Waals surface area contributed by atoms with Gasteiger partial charge in [-0.25, -0.2) is 4.79 Å². The van der Waals surface area contributed by atoms with Crippen molar-refractivity contribution in [3.63, 3.8) is 0 Å². The average Bonchev–Trinajstić information content (AvgIpc) is 2.95. The van der Waals surface area contributed by atoms with Gasteiger partial charge in [0.2, 0.25) is 5.91 Å². The Morgan fingerprint density at radius 2 is 1.56 bits per heavy atom. The van der Waals surface area contributed by atoms with E-state index >= 15 is 0 Å². The van der Waals surface area contributed by atoms with Gasteiger partial charge >= 0.3 is 5.97 Å². The maximum atomic E-state index is 12.9. The number of rotatable bonds is 7. The Kier molecular flexibility index (Phi) is 5.14. The Bertz CT molecular complexity index is 743. The van der Waals surface area contributed by atoms with Crippen LogP contribution in [-0.2, 0) is 9.59 Å². The summed E-state index contributed by atoms with van der Waals surface area (Å²) in [6.07, 6.45) is 1.80. The lowest BCUT2D eigenvalue weighted by molar-refractivity contribution is -0.142. The number of carbonyl (C=O) groups is 2. The molecule has 0 saturated heterocycles. The van der Waals surface area contributed by atoms with Crippen molar-refractivity contribution in [1.82, 2.24) is 5.32 Å². The molecule has 25 heavy (non-hydrogen) atoms. The van der Waals surface area contributed by atoms with Crippen LogP contribution in [0.1, 0.15) is 36.3 Å². The van der Waals surface area contributed by atoms with Gasteiger partial charge in [0.1, 0.15) is 6.04 Å². The molecule has 3 rings (SSSR count). The van der Waals surface area contributed by atoms with Crippen LogP contribution >= 0.6 is 0 Å². The van der Waals surface area contributed by atoms with Gasteiger partial charge in [-0.2, -0.15) is 0 Å². The Labute approximate surface area is 146 Å². The smallest absolute Gasteiger partial charge is 0.326 e. The van der Waals surface area contributed by atoms with Crippen LogP contribution in [0.5, 0.6) is 0 Å². The number of unbranched alkanes of at least 4 members (excludes halogenated alkanes) is 1. The number of carboxylic acids is 1. The number of nitrogens with one attached hydrogen (secondary N) is 1. The molecule has 2 aromatic carbocycles. The lowest BCUT2D eigenvalue weighted by Gasteiger charge is -2.19. The van der Waals surface area contributed by atoms with Gasteiger partial charge in [0.25, 0.3) is 0 Å². The maximum Gasteiger partial charge on any atom is 0.326 e. The lowest BCUT2D eigenvalue weighted by atomic mass is 9.95. The second-order valence-electron chi connectivity index (χ2n) is 6.29. The predicted octanol–water partition coefficient (Wildman–Crippen LogP) is 2.50. The Morgan fingerprint density at radius 1 is 1.00 bits per heavy atom. The quantitative estimate of drug-likeness (QED) is 0.676. The molecule has 0 heterocycles. The molecule has 1 atom stereocenters. The lowest BCUT2D eigenvalue weighted by Crippen LogP contribution is -2.43. The fourth-order valence-corrected chi connectivity index (χ4v) is 3.44. The van der Waals surface area contributed by atoms with Gasteiger partial charge in [0, 0.05) is 0 Å². The monoisotopic (exact) mass is 338 g/mol. The van der Waals surface area contributed by atoms with Gasteiger partial charge in [-0.1, -0.05) is 48.5 Å². The number of carboxylic acid groups (broad SMARTS) is 1. The Hall–Kier alpha value is -2.66. The molecule has 2 aromatic rings. The minimum absolute atomic E-state index is 0.266. The number of fused-ring (bicyclic) bond motifs is 3. The summed E-state index contributed by atoms with van der Waals surface area (Å²) in [5.74, 6) is -1.74. The van der Waals surface area contributed by atoms with Gasteiger partial charge in [0.15, 0.2) is 0 Å². The van der Waals surface area contributed by atoms with Crippen LogP contribution in [0.4, 0.5) is 0 Å². The first-order valence-electron chi connectivity index (χ1n) is 8.55. The van der Waals surface area contributed by atoms with Crippen molar-refractivity contribution in [3.8, 4) is 11.1 Å². The van der Waals surface area contributed by atoms with Crippen molar-refractivity contribution in [3.05, 3.63) is 59.7 Å². The molecule has 5 nitrogen and oxygen atoms in total. The summed E-state index contributed by atoms with van der Waals surface area (Å²) in [5, 5.41) is 12.1. The highest BCUT2D eigenvalue weighted by Gasteiger charge is 2.35. The highest BCUT2D eigenvalue weighted by atomic mass is 16.4. The van der Waals surface area contributed by atoms with Gasteiger partial charge < -0.3 is 16.2 Å². The summed E-state index contributed by atoms with van der Waals surface area (Å²) < 4.78 is 0. The summed E-state index contributed by atoms with van der Waals surface area (Å²) in [6.45, 7) is 0.518. The molecule has 0 bridgehead atoms. The highest BCUT2D eigenvalue weighted by Crippen LogP contribution is 2.44. The van der Waals surface area contributed by atoms with Crippen LogP contribution in [-0.4, -0.2) is 29.6 Å². The summed E-state index contributed by atoms with van der Waals surface area (Å²) in [6, 6.07) is 14.7. The van der Waals surface area contributed by atoms with E-state index in [0.717, 1.165) is 28.7 Å². The first-order chi connectivity index (χ1) is 12.1. The zero-order valence-electron chi connectivity index (χ0n) is 13.9. The molecule has 0 saturated carbocycles. The molecule has 0 spiro atoms. The number of hydrogen-bond acceptors (Lipinski definition) is 3. The average molecular weight is 338 g/mol. The molecular formula is C20H22N2O3. The summed E-state index contributed by atoms with van der Waals surface area (Å²) in [4.78, 5) is 24.4. The topological polar surface area (TPSA) is 92.4 Å². The van der Waals surface area contributed by atoms with E-state index in [1.54, 1.807) is 0 Å². The highest BCUT2D eigenvalue weighted by molar-refractivity contribution is 5.97. The van der Waals surface area contributed by atoms with E-state index in [1.807, 2.05) is 48.5 Å². The molecule has 5 heteroatoms. The number of benzene rings is 2. The Balaban J connectivity index is 1.85. The van der Waals surface area contributed by atoms with E-state index in [4.69, 9.17) is 5.73 Å². The van der Waals surface area contributed by atoms with Crippen LogP contribution in [0.15, 0.2) is 48.5 Å². The van der Waals surface area contributed by atoms with E-state index in [1.165, 1.54) is 0 Å². The van der Waals surface area contributed by atoms with E-state index in [0.29, 0.717) is 19.4 Å². The molecule has 1 aliphatic rings. The number of aliphatic carboxylic acids is 1. The fraction of sp³-hybridized carbons (Fsp3) is 0.300. The van der Waals surface area contributed by atoms with Crippen molar-refractivity contribution in [2.75, 3.05) is 6.54 Å². The van der Waals surface area contributed by atoms with Crippen molar-refractivity contribution < 1.29 is 14.7 Å². The summed E-state index contributed by atoms with van der Waals surface area (Å²) >= 11 is 0. The van der Waals surface area contributed by atoms with Gasteiger partial charge in [-0.3, -0.25) is 4.79 Å². The molecule has 4 N–H and O–H groups in total. The molecule has 0 unspecified atom stereocenters. The van der Waals surface area contributed by atoms with Gasteiger partial charge in [-0.05, 0) is 48.1 Å². The number of amides is 1. The van der Waals surface area contributed by atoms with E-state index in [9.17, 15) is 14.7 Å².